The predicted octanol–water partition coefficient (Wildman–Crippen LogP) is 2.27. The minimum absolute atomic E-state index is 0.570. The van der Waals surface area contributed by atoms with E-state index in [-0.39, 0.29) is 0 Å². The van der Waals surface area contributed by atoms with Gasteiger partial charge in [0.15, 0.2) is 0 Å². The SMILES string of the molecule is CCC[CH2][GeH]([CH3])[CH3]. The molecule has 0 N–H and O–H groups in total. The van der Waals surface area contributed by atoms with Crippen molar-refractivity contribution in [2.75, 3.05) is 0 Å². The molecule has 0 rings (SSSR count). The van der Waals surface area contributed by atoms with Gasteiger partial charge in [0.05, 0.1) is 0 Å². The minimum atomic E-state index is -0.570. The Labute approximate surface area is 51.4 Å². The molecule has 1 heteroatoms. The van der Waals surface area contributed by atoms with Gasteiger partial charge in [-0.25, -0.2) is 0 Å². The van der Waals surface area contributed by atoms with Gasteiger partial charge < -0.3 is 0 Å². The first-order valence-corrected chi connectivity index (χ1v) is 9.83. The number of unbranched alkanes of at least 4 members (excludes halogenated alkanes) is 1. The predicted molar refractivity (Wildman–Crippen MR) is 38.6 cm³/mol. The van der Waals surface area contributed by atoms with Gasteiger partial charge in [0, 0.05) is 0 Å². The second-order valence-electron chi connectivity index (χ2n) is 2.54. The van der Waals surface area contributed by atoms with E-state index in [9.17, 15) is 0 Å². The molecule has 0 nitrogen and oxygen atoms in total. The van der Waals surface area contributed by atoms with Gasteiger partial charge in [-0.05, 0) is 0 Å². The quantitative estimate of drug-likeness (QED) is 0.556. The van der Waals surface area contributed by atoms with Crippen LogP contribution in [-0.4, -0.2) is 14.3 Å². The van der Waals surface area contributed by atoms with Crippen LogP contribution in [0.3, 0.4) is 0 Å². The van der Waals surface area contributed by atoms with Crippen molar-refractivity contribution in [1.29, 1.82) is 0 Å². The van der Waals surface area contributed by atoms with E-state index >= 15 is 0 Å². The molecule has 0 aliphatic carbocycles. The van der Waals surface area contributed by atoms with Crippen molar-refractivity contribution in [3.8, 4) is 0 Å². The van der Waals surface area contributed by atoms with E-state index in [1.165, 1.54) is 12.8 Å². The van der Waals surface area contributed by atoms with Crippen LogP contribution in [0.25, 0.3) is 0 Å². The van der Waals surface area contributed by atoms with Crippen LogP contribution < -0.4 is 0 Å². The number of hydrogen-bond acceptors (Lipinski definition) is 0. The van der Waals surface area contributed by atoms with Crippen molar-refractivity contribution < 1.29 is 0 Å². The standard InChI is InChI=1S/C6H16Ge/c1-4-5-6-7(2)3/h7H,4-6H2,1-3H3. The molecule has 0 aromatic rings. The number of hydrogen-bond donors (Lipinski definition) is 0. The van der Waals surface area contributed by atoms with E-state index in [0.29, 0.717) is 0 Å². The van der Waals surface area contributed by atoms with E-state index in [1.807, 2.05) is 0 Å². The molecule has 0 aromatic heterocycles. The zero-order valence-electron chi connectivity index (χ0n) is 5.70. The van der Waals surface area contributed by atoms with Crippen molar-refractivity contribution in [2.24, 2.45) is 0 Å². The molecule has 0 spiro atoms. The number of rotatable bonds is 3. The fourth-order valence-electron chi connectivity index (χ4n) is 0.612. The first kappa shape index (κ1) is 7.54. The Bertz CT molecular complexity index is 33.2. The molecule has 0 radical (unpaired) electrons. The van der Waals surface area contributed by atoms with Crippen LogP contribution in [-0.2, 0) is 0 Å². The van der Waals surface area contributed by atoms with Crippen LogP contribution in [0.5, 0.6) is 0 Å². The van der Waals surface area contributed by atoms with Crippen LogP contribution in [0.1, 0.15) is 19.8 Å². The van der Waals surface area contributed by atoms with Gasteiger partial charge >= 0.3 is 50.9 Å². The molecule has 0 amide bonds. The first-order chi connectivity index (χ1) is 3.27. The third-order valence-electron chi connectivity index (χ3n) is 1.14. The average molecular weight is 161 g/mol. The average Bonchev–Trinajstić information content (AvgIpc) is 1.61. The Morgan fingerprint density at radius 1 is 1.29 bits per heavy atom. The molecule has 0 fully saturated rings. The molecule has 0 aliphatic rings. The van der Waals surface area contributed by atoms with E-state index in [0.717, 1.165) is 0 Å². The maximum absolute atomic E-state index is 2.46. The van der Waals surface area contributed by atoms with Gasteiger partial charge in [-0.2, -0.15) is 0 Å². The van der Waals surface area contributed by atoms with E-state index < -0.39 is 14.3 Å². The Hall–Kier alpha value is 0.543. The fraction of sp³-hybridized carbons (Fsp3) is 1.00. The van der Waals surface area contributed by atoms with Crippen LogP contribution in [0.4, 0.5) is 0 Å². The van der Waals surface area contributed by atoms with Gasteiger partial charge in [0.2, 0.25) is 0 Å². The third-order valence-corrected chi connectivity index (χ3v) is 4.41. The summed E-state index contributed by atoms with van der Waals surface area (Å²) in [6, 6.07) is 0. The molecule has 0 aromatic carbocycles. The van der Waals surface area contributed by atoms with Gasteiger partial charge in [0.1, 0.15) is 0 Å². The zero-order chi connectivity index (χ0) is 5.70. The summed E-state index contributed by atoms with van der Waals surface area (Å²) in [5.41, 5.74) is 0. The molecule has 0 atom stereocenters. The molecule has 0 bridgehead atoms. The van der Waals surface area contributed by atoms with Crippen molar-refractivity contribution in [2.45, 2.75) is 36.5 Å². The molecule has 0 heterocycles. The summed E-state index contributed by atoms with van der Waals surface area (Å²) in [6.45, 7) is 2.27. The van der Waals surface area contributed by atoms with Gasteiger partial charge in [-0.1, -0.05) is 0 Å². The van der Waals surface area contributed by atoms with Crippen LogP contribution in [0.15, 0.2) is 0 Å². The molecule has 44 valence electrons. The van der Waals surface area contributed by atoms with Crippen molar-refractivity contribution in [3.05, 3.63) is 0 Å². The molecular weight excluding hydrogens is 145 g/mol. The van der Waals surface area contributed by atoms with E-state index in [2.05, 4.69) is 18.4 Å². The van der Waals surface area contributed by atoms with Crippen LogP contribution in [0, 0.1) is 0 Å². The molecule has 0 unspecified atom stereocenters. The maximum atomic E-state index is 2.46. The van der Waals surface area contributed by atoms with E-state index in [1.54, 1.807) is 5.25 Å². The Balaban J connectivity index is 2.68. The van der Waals surface area contributed by atoms with Gasteiger partial charge in [-0.3, -0.25) is 0 Å². The summed E-state index contributed by atoms with van der Waals surface area (Å²) >= 11 is -0.570. The summed E-state index contributed by atoms with van der Waals surface area (Å²) in [7, 11) is 0. The molecule has 0 aliphatic heterocycles. The Morgan fingerprint density at radius 3 is 2.00 bits per heavy atom. The molecule has 0 saturated heterocycles. The second-order valence-corrected chi connectivity index (χ2v) is 9.60. The van der Waals surface area contributed by atoms with Crippen molar-refractivity contribution in [3.63, 3.8) is 0 Å². The third kappa shape index (κ3) is 6.54. The Morgan fingerprint density at radius 2 is 1.86 bits per heavy atom. The summed E-state index contributed by atoms with van der Waals surface area (Å²) in [5, 5.41) is 1.59. The van der Waals surface area contributed by atoms with Gasteiger partial charge in [-0.15, -0.1) is 0 Å². The summed E-state index contributed by atoms with van der Waals surface area (Å²) in [4.78, 5) is 0. The summed E-state index contributed by atoms with van der Waals surface area (Å²) in [6.07, 6.45) is 2.88. The fourth-order valence-corrected chi connectivity index (χ4v) is 3.18. The molecule has 0 saturated carbocycles. The summed E-state index contributed by atoms with van der Waals surface area (Å²) in [5.74, 6) is 4.92. The summed E-state index contributed by atoms with van der Waals surface area (Å²) < 4.78 is 0. The van der Waals surface area contributed by atoms with Crippen molar-refractivity contribution in [1.82, 2.24) is 0 Å². The first-order valence-electron chi connectivity index (χ1n) is 3.27. The van der Waals surface area contributed by atoms with Crippen LogP contribution in [0.2, 0.25) is 16.8 Å². The van der Waals surface area contributed by atoms with Crippen LogP contribution >= 0.6 is 0 Å². The molecular formula is C6H16Ge. The zero-order valence-corrected chi connectivity index (χ0v) is 8.12. The van der Waals surface area contributed by atoms with E-state index in [4.69, 9.17) is 0 Å². The van der Waals surface area contributed by atoms with Crippen molar-refractivity contribution >= 4 is 14.3 Å². The topological polar surface area (TPSA) is 0 Å². The monoisotopic (exact) mass is 162 g/mol. The second kappa shape index (κ2) is 4.70. The molecule has 7 heavy (non-hydrogen) atoms. The van der Waals surface area contributed by atoms with Gasteiger partial charge in [0.25, 0.3) is 0 Å². The Kier molecular flexibility index (Phi) is 5.06. The normalized spacial score (nSPS) is 10.3.